The third-order valence-corrected chi connectivity index (χ3v) is 4.43. The Morgan fingerprint density at radius 2 is 2.00 bits per heavy atom. The zero-order valence-electron chi connectivity index (χ0n) is 11.9. The summed E-state index contributed by atoms with van der Waals surface area (Å²) in [6.45, 7) is 6.00. The van der Waals surface area contributed by atoms with Gasteiger partial charge in [0.1, 0.15) is 11.2 Å². The number of para-hydroxylation sites is 1. The van der Waals surface area contributed by atoms with Crippen LogP contribution in [0.3, 0.4) is 0 Å². The fourth-order valence-corrected chi connectivity index (χ4v) is 3.18. The molecular weight excluding hydrogens is 274 g/mol. The first-order valence-corrected chi connectivity index (χ1v) is 8.34. The maximum atomic E-state index is 11.8. The van der Waals surface area contributed by atoms with E-state index in [4.69, 9.17) is 0 Å². The number of anilines is 1. The molecule has 20 heavy (non-hydrogen) atoms. The molecule has 0 saturated carbocycles. The van der Waals surface area contributed by atoms with Crippen molar-refractivity contribution in [2.75, 3.05) is 18.0 Å². The largest absolute Gasteiger partial charge is 0.331 e. The molecule has 0 unspecified atom stereocenters. The number of sulfonamides is 1. The van der Waals surface area contributed by atoms with Crippen LogP contribution in [0.2, 0.25) is 0 Å². The van der Waals surface area contributed by atoms with Crippen LogP contribution in [-0.2, 0) is 10.0 Å². The van der Waals surface area contributed by atoms with E-state index in [0.29, 0.717) is 10.9 Å². The van der Waals surface area contributed by atoms with Crippen molar-refractivity contribution in [1.29, 1.82) is 0 Å². The summed E-state index contributed by atoms with van der Waals surface area (Å²) in [5, 5.41) is 3.37. The first kappa shape index (κ1) is 15.0. The number of nitrogens with one attached hydrogen (secondary N) is 1. The number of fused-ring (bicyclic) bond motifs is 1. The number of rotatable bonds is 6. The maximum absolute atomic E-state index is 11.8. The zero-order valence-corrected chi connectivity index (χ0v) is 12.7. The second-order valence-electron chi connectivity index (χ2n) is 5.17. The monoisotopic (exact) mass is 295 g/mol. The highest BCUT2D eigenvalue weighted by molar-refractivity contribution is 7.90. The fourth-order valence-electron chi connectivity index (χ4n) is 2.13. The Bertz CT molecular complexity index is 582. The van der Waals surface area contributed by atoms with Gasteiger partial charge in [0.15, 0.2) is 0 Å². The molecule has 0 aliphatic carbocycles. The molecule has 1 heterocycles. The average Bonchev–Trinajstić information content (AvgIpc) is 2.41. The molecule has 0 saturated heterocycles. The van der Waals surface area contributed by atoms with Crippen LogP contribution in [0.15, 0.2) is 33.6 Å². The highest BCUT2D eigenvalue weighted by atomic mass is 32.2. The van der Waals surface area contributed by atoms with Crippen LogP contribution in [-0.4, -0.2) is 33.9 Å². The van der Waals surface area contributed by atoms with Crippen molar-refractivity contribution in [2.45, 2.75) is 37.6 Å². The second-order valence-corrected chi connectivity index (χ2v) is 6.77. The Morgan fingerprint density at radius 3 is 2.75 bits per heavy atom. The molecule has 0 atom stereocenters. The fraction of sp³-hybridized carbons (Fsp3) is 0.500. The van der Waals surface area contributed by atoms with Crippen LogP contribution in [0.5, 0.6) is 0 Å². The van der Waals surface area contributed by atoms with E-state index in [-0.39, 0.29) is 0 Å². The van der Waals surface area contributed by atoms with Crippen LogP contribution in [0.25, 0.3) is 0 Å². The molecular formula is C14H21N3O2S. The lowest BCUT2D eigenvalue weighted by Crippen LogP contribution is -2.29. The molecule has 1 N–H and O–H groups in total. The second kappa shape index (κ2) is 6.37. The van der Waals surface area contributed by atoms with Gasteiger partial charge in [-0.3, -0.25) is 0 Å². The van der Waals surface area contributed by atoms with Gasteiger partial charge in [-0.25, -0.2) is 0 Å². The third kappa shape index (κ3) is 3.58. The van der Waals surface area contributed by atoms with Crippen molar-refractivity contribution in [3.63, 3.8) is 0 Å². The van der Waals surface area contributed by atoms with Gasteiger partial charge in [0, 0.05) is 12.6 Å². The molecule has 1 aromatic rings. The summed E-state index contributed by atoms with van der Waals surface area (Å²) < 4.78 is 27.3. The molecule has 0 bridgehead atoms. The van der Waals surface area contributed by atoms with E-state index >= 15 is 0 Å². The lowest BCUT2D eigenvalue weighted by atomic mass is 10.2. The Balaban J connectivity index is 1.97. The van der Waals surface area contributed by atoms with Crippen LogP contribution >= 0.6 is 0 Å². The molecule has 6 heteroatoms. The highest BCUT2D eigenvalue weighted by Crippen LogP contribution is 2.29. The molecule has 1 aliphatic heterocycles. The topological polar surface area (TPSA) is 61.8 Å². The number of nitrogens with zero attached hydrogens (tertiary/aromatic N) is 2. The van der Waals surface area contributed by atoms with Crippen molar-refractivity contribution >= 4 is 22.0 Å². The summed E-state index contributed by atoms with van der Waals surface area (Å²) >= 11 is 0. The summed E-state index contributed by atoms with van der Waals surface area (Å²) in [5.74, 6) is 0. The van der Waals surface area contributed by atoms with Gasteiger partial charge >= 0.3 is 0 Å². The summed E-state index contributed by atoms with van der Waals surface area (Å²) in [6.07, 6.45) is 3.46. The molecule has 2 rings (SSSR count). The lowest BCUT2D eigenvalue weighted by molar-refractivity contribution is 0.559. The Morgan fingerprint density at radius 1 is 1.25 bits per heavy atom. The maximum Gasteiger partial charge on any atom is 0.285 e. The van der Waals surface area contributed by atoms with Gasteiger partial charge in [0.2, 0.25) is 0 Å². The van der Waals surface area contributed by atoms with Gasteiger partial charge in [0.25, 0.3) is 10.0 Å². The minimum absolute atomic E-state index is 0.294. The van der Waals surface area contributed by atoms with E-state index in [0.717, 1.165) is 31.6 Å². The molecule has 1 aliphatic rings. The van der Waals surface area contributed by atoms with Crippen molar-refractivity contribution < 1.29 is 8.42 Å². The van der Waals surface area contributed by atoms with E-state index in [9.17, 15) is 8.42 Å². The molecule has 1 aromatic carbocycles. The van der Waals surface area contributed by atoms with Gasteiger partial charge in [-0.15, -0.1) is 4.40 Å². The SMILES string of the molecule is CC(C)NCCCCN1C=NS(=O)(=O)c2ccccc21. The predicted octanol–water partition coefficient (Wildman–Crippen LogP) is 2.00. The molecule has 0 fully saturated rings. The molecule has 0 spiro atoms. The van der Waals surface area contributed by atoms with E-state index in [1.807, 2.05) is 17.0 Å². The molecule has 5 nitrogen and oxygen atoms in total. The zero-order chi connectivity index (χ0) is 14.6. The third-order valence-electron chi connectivity index (χ3n) is 3.16. The first-order chi connectivity index (χ1) is 9.50. The quantitative estimate of drug-likeness (QED) is 0.815. The van der Waals surface area contributed by atoms with Crippen molar-refractivity contribution in [2.24, 2.45) is 4.40 Å². The highest BCUT2D eigenvalue weighted by Gasteiger charge is 2.24. The minimum atomic E-state index is -3.51. The summed E-state index contributed by atoms with van der Waals surface area (Å²) in [4.78, 5) is 2.20. The van der Waals surface area contributed by atoms with E-state index < -0.39 is 10.0 Å². The van der Waals surface area contributed by atoms with Gasteiger partial charge in [-0.05, 0) is 31.5 Å². The number of unbranched alkanes of at least 4 members (excludes halogenated alkanes) is 1. The van der Waals surface area contributed by atoms with Crippen LogP contribution in [0, 0.1) is 0 Å². The van der Waals surface area contributed by atoms with Crippen molar-refractivity contribution in [3.8, 4) is 0 Å². The lowest BCUT2D eigenvalue weighted by Gasteiger charge is -2.25. The van der Waals surface area contributed by atoms with E-state index in [1.54, 1.807) is 12.1 Å². The number of hydrogen-bond acceptors (Lipinski definition) is 4. The summed E-state index contributed by atoms with van der Waals surface area (Å²) in [5.41, 5.74) is 0.722. The Labute approximate surface area is 120 Å². The van der Waals surface area contributed by atoms with Gasteiger partial charge in [-0.2, -0.15) is 8.42 Å². The number of hydrogen-bond donors (Lipinski definition) is 1. The normalized spacial score (nSPS) is 16.4. The molecule has 110 valence electrons. The smallest absolute Gasteiger partial charge is 0.285 e. The summed E-state index contributed by atoms with van der Waals surface area (Å²) in [7, 11) is -3.51. The first-order valence-electron chi connectivity index (χ1n) is 6.90. The summed E-state index contributed by atoms with van der Waals surface area (Å²) in [6, 6.07) is 7.50. The van der Waals surface area contributed by atoms with Crippen molar-refractivity contribution in [3.05, 3.63) is 24.3 Å². The average molecular weight is 295 g/mol. The predicted molar refractivity (Wildman–Crippen MR) is 81.8 cm³/mol. The minimum Gasteiger partial charge on any atom is -0.331 e. The van der Waals surface area contributed by atoms with Crippen molar-refractivity contribution in [1.82, 2.24) is 5.32 Å². The Hall–Kier alpha value is -1.40. The van der Waals surface area contributed by atoms with E-state index in [2.05, 4.69) is 23.6 Å². The molecule has 0 radical (unpaired) electrons. The van der Waals surface area contributed by atoms with Gasteiger partial charge < -0.3 is 10.2 Å². The van der Waals surface area contributed by atoms with Crippen LogP contribution < -0.4 is 10.2 Å². The standard InChI is InChI=1S/C14H21N3O2S/c1-12(2)15-9-5-6-10-17-11-16-20(18,19)14-8-4-3-7-13(14)17/h3-4,7-8,11-12,15H,5-6,9-10H2,1-2H3. The van der Waals surface area contributed by atoms with Crippen LogP contribution in [0.4, 0.5) is 5.69 Å². The number of benzene rings is 1. The van der Waals surface area contributed by atoms with Gasteiger partial charge in [0.05, 0.1) is 5.69 Å². The van der Waals surface area contributed by atoms with Gasteiger partial charge in [-0.1, -0.05) is 26.0 Å². The Kier molecular flexibility index (Phi) is 4.77. The van der Waals surface area contributed by atoms with E-state index in [1.165, 1.54) is 6.34 Å². The molecule has 0 amide bonds. The molecule has 0 aromatic heterocycles. The van der Waals surface area contributed by atoms with Crippen LogP contribution in [0.1, 0.15) is 26.7 Å².